The zero-order valence-electron chi connectivity index (χ0n) is 14.2. The van der Waals surface area contributed by atoms with Crippen molar-refractivity contribution in [3.8, 4) is 5.75 Å². The van der Waals surface area contributed by atoms with E-state index in [0.29, 0.717) is 33.8 Å². The van der Waals surface area contributed by atoms with Gasteiger partial charge in [0.25, 0.3) is 5.91 Å². The lowest BCUT2D eigenvalue weighted by molar-refractivity contribution is -0.126. The van der Waals surface area contributed by atoms with Crippen LogP contribution in [0.4, 0.5) is 0 Å². The molecule has 142 valence electrons. The quantitative estimate of drug-likeness (QED) is 0.383. The Morgan fingerprint density at radius 3 is 2.37 bits per heavy atom. The third-order valence-electron chi connectivity index (χ3n) is 3.32. The van der Waals surface area contributed by atoms with E-state index >= 15 is 0 Å². The first-order valence-corrected chi connectivity index (χ1v) is 9.18. The Balaban J connectivity index is 1.64. The highest BCUT2D eigenvalue weighted by atomic mass is 35.5. The molecule has 0 aliphatic carbocycles. The number of carbonyl (C=O) groups is 2. The van der Waals surface area contributed by atoms with Crippen molar-refractivity contribution in [3.05, 3.63) is 69.2 Å². The predicted molar refractivity (Wildman–Crippen MR) is 108 cm³/mol. The van der Waals surface area contributed by atoms with E-state index in [9.17, 15) is 9.59 Å². The fourth-order valence-corrected chi connectivity index (χ4v) is 2.58. The maximum Gasteiger partial charge on any atom is 0.262 e. The lowest BCUT2D eigenvalue weighted by atomic mass is 10.2. The first-order valence-electron chi connectivity index (χ1n) is 8.04. The summed E-state index contributed by atoms with van der Waals surface area (Å²) in [4.78, 5) is 23.4. The Morgan fingerprint density at radius 1 is 0.963 bits per heavy atom. The van der Waals surface area contributed by atoms with Gasteiger partial charge in [-0.3, -0.25) is 20.4 Å². The molecular formula is C19H17Cl3N2O3. The first kappa shape index (κ1) is 21.1. The van der Waals surface area contributed by atoms with E-state index in [0.717, 1.165) is 5.56 Å². The summed E-state index contributed by atoms with van der Waals surface area (Å²) in [6.45, 7) is 0.305. The van der Waals surface area contributed by atoms with Gasteiger partial charge in [-0.1, -0.05) is 46.9 Å². The highest BCUT2D eigenvalue weighted by molar-refractivity contribution is 6.35. The maximum absolute atomic E-state index is 11.7. The lowest BCUT2D eigenvalue weighted by Crippen LogP contribution is -2.40. The number of nitrogens with one attached hydrogen (secondary N) is 2. The van der Waals surface area contributed by atoms with Crippen LogP contribution in [0.5, 0.6) is 5.75 Å². The Hall–Kier alpha value is -2.21. The molecule has 0 spiro atoms. The van der Waals surface area contributed by atoms with Crippen molar-refractivity contribution >= 4 is 52.7 Å². The molecule has 0 radical (unpaired) electrons. The predicted octanol–water partition coefficient (Wildman–Crippen LogP) is 4.67. The summed E-state index contributed by atoms with van der Waals surface area (Å²) in [5, 5.41) is 1.55. The van der Waals surface area contributed by atoms with Crippen LogP contribution in [0, 0.1) is 0 Å². The zero-order chi connectivity index (χ0) is 19.6. The van der Waals surface area contributed by atoms with Gasteiger partial charge >= 0.3 is 0 Å². The summed E-state index contributed by atoms with van der Waals surface area (Å²) in [5.74, 6) is -0.265. The van der Waals surface area contributed by atoms with Gasteiger partial charge in [0.2, 0.25) is 5.91 Å². The summed E-state index contributed by atoms with van der Waals surface area (Å²) in [5.41, 5.74) is 5.46. The van der Waals surface area contributed by atoms with Gasteiger partial charge in [0.05, 0.1) is 11.6 Å². The number of halogens is 3. The molecule has 8 heteroatoms. The van der Waals surface area contributed by atoms with Gasteiger partial charge < -0.3 is 4.74 Å². The topological polar surface area (TPSA) is 67.4 Å². The minimum Gasteiger partial charge on any atom is -0.492 e. The molecule has 2 rings (SSSR count). The van der Waals surface area contributed by atoms with Gasteiger partial charge in [-0.05, 0) is 48.4 Å². The highest BCUT2D eigenvalue weighted by Crippen LogP contribution is 2.27. The second kappa shape index (κ2) is 10.8. The van der Waals surface area contributed by atoms with Crippen molar-refractivity contribution in [3.63, 3.8) is 0 Å². The van der Waals surface area contributed by atoms with Crippen molar-refractivity contribution in [2.24, 2.45) is 0 Å². The third-order valence-corrected chi connectivity index (χ3v) is 4.10. The van der Waals surface area contributed by atoms with E-state index in [1.54, 1.807) is 48.5 Å². The van der Waals surface area contributed by atoms with E-state index in [1.165, 1.54) is 6.08 Å². The summed E-state index contributed by atoms with van der Waals surface area (Å²) >= 11 is 17.6. The van der Waals surface area contributed by atoms with E-state index in [2.05, 4.69) is 10.9 Å². The molecular weight excluding hydrogens is 411 g/mol. The molecule has 0 atom stereocenters. The Morgan fingerprint density at radius 2 is 1.67 bits per heavy atom. The van der Waals surface area contributed by atoms with Gasteiger partial charge in [-0.15, -0.1) is 0 Å². The second-order valence-electron chi connectivity index (χ2n) is 5.45. The molecule has 2 aromatic rings. The van der Waals surface area contributed by atoms with Crippen molar-refractivity contribution in [2.75, 3.05) is 6.61 Å². The number of carbonyl (C=O) groups excluding carboxylic acids is 2. The summed E-state index contributed by atoms with van der Waals surface area (Å²) < 4.78 is 5.49. The number of rotatable bonds is 7. The standard InChI is InChI=1S/C19H17Cl3N2O3/c20-14-6-3-13(4-7-14)5-10-19(26)24-23-18(25)2-1-11-27-17-9-8-15(21)12-16(17)22/h3-10,12H,1-2,11H2,(H,23,25)(H,24,26)/b10-5+. The van der Waals surface area contributed by atoms with Crippen molar-refractivity contribution in [1.29, 1.82) is 0 Å². The molecule has 0 saturated carbocycles. The highest BCUT2D eigenvalue weighted by Gasteiger charge is 2.05. The summed E-state index contributed by atoms with van der Waals surface area (Å²) in [6, 6.07) is 11.9. The lowest BCUT2D eigenvalue weighted by Gasteiger charge is -2.08. The number of hydrazine groups is 1. The van der Waals surface area contributed by atoms with Crippen LogP contribution < -0.4 is 15.6 Å². The van der Waals surface area contributed by atoms with Crippen LogP contribution in [-0.4, -0.2) is 18.4 Å². The second-order valence-corrected chi connectivity index (χ2v) is 6.73. The molecule has 0 saturated heterocycles. The average molecular weight is 428 g/mol. The van der Waals surface area contributed by atoms with Crippen LogP contribution in [0.25, 0.3) is 6.08 Å². The van der Waals surface area contributed by atoms with Crippen molar-refractivity contribution in [1.82, 2.24) is 10.9 Å². The average Bonchev–Trinajstić information content (AvgIpc) is 2.64. The first-order chi connectivity index (χ1) is 12.9. The van der Waals surface area contributed by atoms with Gasteiger partial charge in [0, 0.05) is 22.5 Å². The molecule has 0 aliphatic heterocycles. The minimum absolute atomic E-state index is 0.187. The minimum atomic E-state index is -0.442. The number of ether oxygens (including phenoxy) is 1. The number of amides is 2. The van der Waals surface area contributed by atoms with Crippen LogP contribution in [-0.2, 0) is 9.59 Å². The Bertz CT molecular complexity index is 823. The summed E-state index contributed by atoms with van der Waals surface area (Å²) in [7, 11) is 0. The molecule has 0 aliphatic rings. The van der Waals surface area contributed by atoms with Crippen LogP contribution in [0.3, 0.4) is 0 Å². The molecule has 0 unspecified atom stereocenters. The van der Waals surface area contributed by atoms with E-state index < -0.39 is 5.91 Å². The van der Waals surface area contributed by atoms with Gasteiger partial charge in [-0.2, -0.15) is 0 Å². The van der Waals surface area contributed by atoms with E-state index in [-0.39, 0.29) is 12.3 Å². The number of benzene rings is 2. The van der Waals surface area contributed by atoms with Gasteiger partial charge in [0.15, 0.2) is 0 Å². The molecule has 5 nitrogen and oxygen atoms in total. The molecule has 0 bridgehead atoms. The van der Waals surface area contributed by atoms with Crippen LogP contribution >= 0.6 is 34.8 Å². The van der Waals surface area contributed by atoms with Gasteiger partial charge in [-0.25, -0.2) is 0 Å². The zero-order valence-corrected chi connectivity index (χ0v) is 16.4. The van der Waals surface area contributed by atoms with Crippen LogP contribution in [0.15, 0.2) is 48.5 Å². The molecule has 27 heavy (non-hydrogen) atoms. The maximum atomic E-state index is 11.7. The smallest absolute Gasteiger partial charge is 0.262 e. The Kier molecular flexibility index (Phi) is 8.45. The fraction of sp³-hybridized carbons (Fsp3) is 0.158. The van der Waals surface area contributed by atoms with Crippen LogP contribution in [0.2, 0.25) is 15.1 Å². The molecule has 0 aromatic heterocycles. The molecule has 0 fully saturated rings. The number of hydrogen-bond acceptors (Lipinski definition) is 3. The Labute approximate surface area is 172 Å². The molecule has 2 N–H and O–H groups in total. The largest absolute Gasteiger partial charge is 0.492 e. The van der Waals surface area contributed by atoms with Crippen LogP contribution in [0.1, 0.15) is 18.4 Å². The third kappa shape index (κ3) is 7.91. The van der Waals surface area contributed by atoms with E-state index in [1.807, 2.05) is 0 Å². The summed E-state index contributed by atoms with van der Waals surface area (Å²) in [6.07, 6.45) is 3.57. The molecule has 2 aromatic carbocycles. The van der Waals surface area contributed by atoms with Crippen molar-refractivity contribution < 1.29 is 14.3 Å². The SMILES string of the molecule is O=C(/C=C/c1ccc(Cl)cc1)NNC(=O)CCCOc1ccc(Cl)cc1Cl. The van der Waals surface area contributed by atoms with Gasteiger partial charge in [0.1, 0.15) is 5.75 Å². The molecule has 0 heterocycles. The fourth-order valence-electron chi connectivity index (χ4n) is 1.99. The van der Waals surface area contributed by atoms with Crippen molar-refractivity contribution in [2.45, 2.75) is 12.8 Å². The monoisotopic (exact) mass is 426 g/mol. The van der Waals surface area contributed by atoms with E-state index in [4.69, 9.17) is 39.5 Å². The number of hydrogen-bond donors (Lipinski definition) is 2. The normalized spacial score (nSPS) is 10.6. The molecule has 2 amide bonds.